The minimum Gasteiger partial charge on any atom is -0.338 e. The molecular weight excluding hydrogens is 365 g/mol. The summed E-state index contributed by atoms with van der Waals surface area (Å²) < 4.78 is 13.0. The van der Waals surface area contributed by atoms with E-state index in [2.05, 4.69) is 25.5 Å². The highest BCUT2D eigenvalue weighted by Gasteiger charge is 2.20. The third-order valence-corrected chi connectivity index (χ3v) is 5.34. The van der Waals surface area contributed by atoms with Crippen molar-refractivity contribution in [2.24, 2.45) is 0 Å². The number of aromatic nitrogens is 4. The van der Waals surface area contributed by atoms with E-state index in [0.29, 0.717) is 28.4 Å². The predicted octanol–water partition coefficient (Wildman–Crippen LogP) is 4.15. The lowest BCUT2D eigenvalue weighted by Gasteiger charge is -2.13. The molecule has 0 saturated heterocycles. The van der Waals surface area contributed by atoms with Gasteiger partial charge < -0.3 is 10.3 Å². The fourth-order valence-electron chi connectivity index (χ4n) is 2.76. The summed E-state index contributed by atoms with van der Waals surface area (Å²) in [5, 5.41) is 12.2. The van der Waals surface area contributed by atoms with Crippen LogP contribution in [0.2, 0.25) is 0 Å². The van der Waals surface area contributed by atoms with Gasteiger partial charge in [0.2, 0.25) is 11.1 Å². The van der Waals surface area contributed by atoms with E-state index in [1.165, 1.54) is 36.0 Å². The van der Waals surface area contributed by atoms with Crippen molar-refractivity contribution in [1.82, 2.24) is 20.2 Å². The van der Waals surface area contributed by atoms with Crippen molar-refractivity contribution < 1.29 is 9.18 Å². The number of amides is 1. The largest absolute Gasteiger partial charge is 0.338 e. The Balaban J connectivity index is 1.54. The zero-order valence-corrected chi connectivity index (χ0v) is 15.3. The Morgan fingerprint density at radius 2 is 1.96 bits per heavy atom. The van der Waals surface area contributed by atoms with Crippen LogP contribution in [-0.2, 0) is 4.79 Å². The molecule has 2 N–H and O–H groups in total. The van der Waals surface area contributed by atoms with Gasteiger partial charge in [-0.2, -0.15) is 0 Å². The third-order valence-electron chi connectivity index (χ3n) is 4.13. The van der Waals surface area contributed by atoms with Gasteiger partial charge in [-0.1, -0.05) is 36.9 Å². The summed E-state index contributed by atoms with van der Waals surface area (Å²) in [6, 6.07) is 13.5. The highest BCUT2D eigenvalue weighted by atomic mass is 32.2. The average Bonchev–Trinajstić information content (AvgIpc) is 3.05. The highest BCUT2D eigenvalue weighted by Crippen LogP contribution is 2.26. The lowest BCUT2D eigenvalue weighted by atomic mass is 10.2. The summed E-state index contributed by atoms with van der Waals surface area (Å²) in [6.45, 7) is 1.91. The molecule has 0 radical (unpaired) electrons. The van der Waals surface area contributed by atoms with Crippen LogP contribution < -0.4 is 5.32 Å². The second-order valence-corrected chi connectivity index (χ2v) is 7.14. The molecule has 2 heterocycles. The number of H-pyrrole nitrogens is 1. The summed E-state index contributed by atoms with van der Waals surface area (Å²) in [5.41, 5.74) is 2.84. The van der Waals surface area contributed by atoms with E-state index in [0.717, 1.165) is 10.9 Å². The van der Waals surface area contributed by atoms with Crippen molar-refractivity contribution in [3.8, 4) is 0 Å². The number of rotatable bonds is 5. The van der Waals surface area contributed by atoms with Crippen molar-refractivity contribution in [2.75, 3.05) is 5.32 Å². The normalized spacial score (nSPS) is 12.4. The number of anilines is 1. The number of carbonyl (C=O) groups excluding carboxylic acids is 1. The van der Waals surface area contributed by atoms with E-state index in [1.807, 2.05) is 31.2 Å². The van der Waals surface area contributed by atoms with Gasteiger partial charge in [0.1, 0.15) is 11.3 Å². The lowest BCUT2D eigenvalue weighted by molar-refractivity contribution is -0.115. The maximum atomic E-state index is 13.0. The molecule has 1 unspecified atom stereocenters. The number of aromatic amines is 1. The van der Waals surface area contributed by atoms with Gasteiger partial charge in [0.25, 0.3) is 0 Å². The topological polar surface area (TPSA) is 83.6 Å². The van der Waals surface area contributed by atoms with Crippen molar-refractivity contribution >= 4 is 45.4 Å². The monoisotopic (exact) mass is 381 g/mol. The minimum absolute atomic E-state index is 0.186. The van der Waals surface area contributed by atoms with E-state index in [9.17, 15) is 9.18 Å². The zero-order valence-electron chi connectivity index (χ0n) is 14.4. The molecule has 1 atom stereocenters. The second-order valence-electron chi connectivity index (χ2n) is 5.97. The van der Waals surface area contributed by atoms with Crippen LogP contribution in [-0.4, -0.2) is 31.3 Å². The van der Waals surface area contributed by atoms with E-state index in [1.54, 1.807) is 0 Å². The predicted molar refractivity (Wildman–Crippen MR) is 104 cm³/mol. The summed E-state index contributed by atoms with van der Waals surface area (Å²) in [6.07, 6.45) is 0.589. The highest BCUT2D eigenvalue weighted by molar-refractivity contribution is 8.00. The standard InChI is InChI=1S/C19H16FN5OS/c1-2-15(18(26)21-12-9-7-11(20)8-10-12)27-19-23-17-16(24-25-19)13-5-3-4-6-14(13)22-17/h3-10,15H,2H2,1H3,(H,21,26)(H,22,23,25). The molecule has 0 aliphatic heterocycles. The lowest BCUT2D eigenvalue weighted by Crippen LogP contribution is -2.24. The van der Waals surface area contributed by atoms with Crippen LogP contribution >= 0.6 is 11.8 Å². The Bertz CT molecular complexity index is 1110. The first-order chi connectivity index (χ1) is 13.1. The molecule has 2 aromatic heterocycles. The molecule has 0 bridgehead atoms. The number of nitrogens with zero attached hydrogens (tertiary/aromatic N) is 3. The number of carbonyl (C=O) groups is 1. The Morgan fingerprint density at radius 1 is 1.19 bits per heavy atom. The van der Waals surface area contributed by atoms with Gasteiger partial charge in [0.05, 0.1) is 5.25 Å². The van der Waals surface area contributed by atoms with Gasteiger partial charge in [-0.25, -0.2) is 9.37 Å². The molecule has 2 aromatic carbocycles. The summed E-state index contributed by atoms with van der Waals surface area (Å²) in [5.74, 6) is -0.532. The molecule has 0 aliphatic rings. The number of nitrogens with one attached hydrogen (secondary N) is 2. The molecule has 0 aliphatic carbocycles. The Hall–Kier alpha value is -3.00. The second kappa shape index (κ2) is 7.32. The number of hydrogen-bond acceptors (Lipinski definition) is 5. The van der Waals surface area contributed by atoms with Crippen LogP contribution in [0.4, 0.5) is 10.1 Å². The number of hydrogen-bond donors (Lipinski definition) is 2. The van der Waals surface area contributed by atoms with E-state index in [4.69, 9.17) is 0 Å². The van der Waals surface area contributed by atoms with Crippen LogP contribution in [0.1, 0.15) is 13.3 Å². The summed E-state index contributed by atoms with van der Waals surface area (Å²) in [4.78, 5) is 20.3. The van der Waals surface area contributed by atoms with Gasteiger partial charge >= 0.3 is 0 Å². The van der Waals surface area contributed by atoms with Gasteiger partial charge in [-0.3, -0.25) is 4.79 Å². The number of benzene rings is 2. The Morgan fingerprint density at radius 3 is 2.74 bits per heavy atom. The number of halogens is 1. The third kappa shape index (κ3) is 3.61. The fraction of sp³-hybridized carbons (Fsp3) is 0.158. The van der Waals surface area contributed by atoms with E-state index >= 15 is 0 Å². The molecule has 6 nitrogen and oxygen atoms in total. The van der Waals surface area contributed by atoms with Gasteiger partial charge in [0.15, 0.2) is 5.65 Å². The molecule has 0 fully saturated rings. The van der Waals surface area contributed by atoms with Crippen LogP contribution in [0.15, 0.2) is 53.7 Å². The minimum atomic E-state index is -0.390. The van der Waals surface area contributed by atoms with Gasteiger partial charge in [0, 0.05) is 16.6 Å². The summed E-state index contributed by atoms with van der Waals surface area (Å²) in [7, 11) is 0. The van der Waals surface area contributed by atoms with E-state index < -0.39 is 5.25 Å². The molecule has 8 heteroatoms. The van der Waals surface area contributed by atoms with Gasteiger partial charge in [-0.05, 0) is 36.8 Å². The van der Waals surface area contributed by atoms with Crippen molar-refractivity contribution in [3.63, 3.8) is 0 Å². The fourth-order valence-corrected chi connectivity index (χ4v) is 3.58. The van der Waals surface area contributed by atoms with Crippen LogP contribution in [0.25, 0.3) is 22.1 Å². The average molecular weight is 381 g/mol. The first kappa shape index (κ1) is 17.4. The number of para-hydroxylation sites is 1. The molecule has 0 spiro atoms. The number of fused-ring (bicyclic) bond motifs is 3. The van der Waals surface area contributed by atoms with Crippen LogP contribution in [0, 0.1) is 5.82 Å². The Labute approximate surface area is 158 Å². The SMILES string of the molecule is CCC(Sc1nnc2c(n1)[nH]c1ccccc12)C(=O)Nc1ccc(F)cc1. The van der Waals surface area contributed by atoms with Crippen molar-refractivity contribution in [2.45, 2.75) is 23.8 Å². The number of thioether (sulfide) groups is 1. The van der Waals surface area contributed by atoms with Crippen LogP contribution in [0.5, 0.6) is 0 Å². The molecule has 4 aromatic rings. The zero-order chi connectivity index (χ0) is 18.8. The smallest absolute Gasteiger partial charge is 0.237 e. The summed E-state index contributed by atoms with van der Waals surface area (Å²) >= 11 is 1.25. The van der Waals surface area contributed by atoms with Crippen LogP contribution in [0.3, 0.4) is 0 Å². The molecular formula is C19H16FN5OS. The molecule has 136 valence electrons. The Kier molecular flexibility index (Phi) is 4.72. The van der Waals surface area contributed by atoms with Crippen molar-refractivity contribution in [3.05, 3.63) is 54.3 Å². The first-order valence-electron chi connectivity index (χ1n) is 8.48. The molecule has 0 saturated carbocycles. The molecule has 27 heavy (non-hydrogen) atoms. The molecule has 4 rings (SSSR count). The van der Waals surface area contributed by atoms with E-state index in [-0.39, 0.29) is 11.7 Å². The van der Waals surface area contributed by atoms with Crippen molar-refractivity contribution in [1.29, 1.82) is 0 Å². The van der Waals surface area contributed by atoms with Gasteiger partial charge in [-0.15, -0.1) is 10.2 Å². The first-order valence-corrected chi connectivity index (χ1v) is 9.36. The molecule has 1 amide bonds. The maximum Gasteiger partial charge on any atom is 0.237 e. The maximum absolute atomic E-state index is 13.0. The quantitative estimate of drug-likeness (QED) is 0.507.